The Morgan fingerprint density at radius 3 is 2.83 bits per heavy atom. The molecule has 0 saturated heterocycles. The van der Waals surface area contributed by atoms with Crippen LogP contribution < -0.4 is 10.1 Å². The summed E-state index contributed by atoms with van der Waals surface area (Å²) in [5, 5.41) is 9.99. The van der Waals surface area contributed by atoms with E-state index >= 15 is 0 Å². The molecule has 1 aliphatic heterocycles. The number of carbonyl (C=O) groups is 1. The van der Waals surface area contributed by atoms with Crippen LogP contribution in [0.2, 0.25) is 0 Å². The SMILES string of the molecule is C=CCOc1ccc([C@H]2S[C@H](C)C(=O)Nc3n[nH]c(C)c32)cc1. The predicted molar refractivity (Wildman–Crippen MR) is 93.0 cm³/mol. The number of aromatic amines is 1. The Morgan fingerprint density at radius 1 is 1.39 bits per heavy atom. The Morgan fingerprint density at radius 2 is 2.13 bits per heavy atom. The van der Waals surface area contributed by atoms with Crippen molar-refractivity contribution in [3.63, 3.8) is 0 Å². The maximum Gasteiger partial charge on any atom is 0.238 e. The summed E-state index contributed by atoms with van der Waals surface area (Å²) in [5.74, 6) is 1.41. The van der Waals surface area contributed by atoms with E-state index in [0.29, 0.717) is 12.4 Å². The number of carbonyl (C=O) groups excluding carboxylic acids is 1. The molecule has 1 aliphatic rings. The molecule has 2 aromatic rings. The van der Waals surface area contributed by atoms with Gasteiger partial charge >= 0.3 is 0 Å². The first kappa shape index (κ1) is 15.7. The number of hydrogen-bond donors (Lipinski definition) is 2. The molecule has 2 atom stereocenters. The van der Waals surface area contributed by atoms with Crippen molar-refractivity contribution in [3.8, 4) is 5.75 Å². The molecular formula is C17H19N3O2S. The maximum atomic E-state index is 12.1. The summed E-state index contributed by atoms with van der Waals surface area (Å²) in [6.07, 6.45) is 1.72. The van der Waals surface area contributed by atoms with E-state index in [1.54, 1.807) is 17.8 Å². The van der Waals surface area contributed by atoms with Gasteiger partial charge in [0.2, 0.25) is 5.91 Å². The molecule has 1 aromatic carbocycles. The Hall–Kier alpha value is -2.21. The lowest BCUT2D eigenvalue weighted by Gasteiger charge is -2.18. The number of nitrogens with one attached hydrogen (secondary N) is 2. The van der Waals surface area contributed by atoms with Gasteiger partial charge in [-0.1, -0.05) is 24.8 Å². The van der Waals surface area contributed by atoms with Crippen LogP contribution in [0.1, 0.15) is 29.0 Å². The van der Waals surface area contributed by atoms with E-state index in [1.165, 1.54) is 0 Å². The highest BCUT2D eigenvalue weighted by atomic mass is 32.2. The molecule has 1 aromatic heterocycles. The van der Waals surface area contributed by atoms with Crippen LogP contribution in [-0.4, -0.2) is 28.0 Å². The van der Waals surface area contributed by atoms with Crippen molar-refractivity contribution in [2.75, 3.05) is 11.9 Å². The normalized spacial score (nSPS) is 20.3. The second-order valence-electron chi connectivity index (χ2n) is 5.43. The summed E-state index contributed by atoms with van der Waals surface area (Å²) in [5.41, 5.74) is 3.13. The molecule has 0 aliphatic carbocycles. The van der Waals surface area contributed by atoms with Crippen molar-refractivity contribution in [3.05, 3.63) is 53.7 Å². The van der Waals surface area contributed by atoms with Crippen molar-refractivity contribution in [2.24, 2.45) is 0 Å². The van der Waals surface area contributed by atoms with Crippen molar-refractivity contribution in [1.29, 1.82) is 0 Å². The number of ether oxygens (including phenoxy) is 1. The van der Waals surface area contributed by atoms with Crippen LogP contribution in [0.25, 0.3) is 0 Å². The topological polar surface area (TPSA) is 67.0 Å². The number of thioether (sulfide) groups is 1. The Kier molecular flexibility index (Phi) is 4.43. The van der Waals surface area contributed by atoms with E-state index < -0.39 is 0 Å². The standard InChI is InChI=1S/C17H19N3O2S/c1-4-9-22-13-7-5-12(6-8-13)15-14-10(2)19-20-16(14)18-17(21)11(3)23-15/h4-8,11,15H,1,9H2,2-3H3,(H2,18,19,20,21)/t11-,15-/m1/s1. The fourth-order valence-electron chi connectivity index (χ4n) is 2.55. The summed E-state index contributed by atoms with van der Waals surface area (Å²) in [6.45, 7) is 8.02. The number of H-pyrrole nitrogens is 1. The largest absolute Gasteiger partial charge is 0.490 e. The quantitative estimate of drug-likeness (QED) is 0.843. The molecule has 23 heavy (non-hydrogen) atoms. The Balaban J connectivity index is 1.95. The maximum absolute atomic E-state index is 12.1. The highest BCUT2D eigenvalue weighted by molar-refractivity contribution is 8.01. The first-order chi connectivity index (χ1) is 11.1. The number of amides is 1. The second kappa shape index (κ2) is 6.50. The van der Waals surface area contributed by atoms with Crippen LogP contribution in [0.5, 0.6) is 5.75 Å². The zero-order chi connectivity index (χ0) is 16.4. The number of anilines is 1. The number of nitrogens with zero attached hydrogens (tertiary/aromatic N) is 1. The van der Waals surface area contributed by atoms with Gasteiger partial charge in [0.25, 0.3) is 0 Å². The van der Waals surface area contributed by atoms with Gasteiger partial charge in [-0.05, 0) is 31.5 Å². The van der Waals surface area contributed by atoms with Crippen LogP contribution in [0.3, 0.4) is 0 Å². The molecule has 2 heterocycles. The van der Waals surface area contributed by atoms with Crippen molar-refractivity contribution < 1.29 is 9.53 Å². The number of hydrogen-bond acceptors (Lipinski definition) is 4. The Bertz CT molecular complexity index is 724. The van der Waals surface area contributed by atoms with Crippen LogP contribution in [0.4, 0.5) is 5.82 Å². The highest BCUT2D eigenvalue weighted by Gasteiger charge is 2.32. The lowest BCUT2D eigenvalue weighted by atomic mass is 10.0. The van der Waals surface area contributed by atoms with Gasteiger partial charge < -0.3 is 10.1 Å². The second-order valence-corrected chi connectivity index (χ2v) is 6.88. The highest BCUT2D eigenvalue weighted by Crippen LogP contribution is 2.44. The third-order valence-electron chi connectivity index (χ3n) is 3.76. The fourth-order valence-corrected chi connectivity index (χ4v) is 3.87. The van der Waals surface area contributed by atoms with E-state index in [2.05, 4.69) is 22.1 Å². The lowest BCUT2D eigenvalue weighted by molar-refractivity contribution is -0.115. The average Bonchev–Trinajstić information content (AvgIpc) is 2.85. The van der Waals surface area contributed by atoms with E-state index in [1.807, 2.05) is 38.1 Å². The molecule has 5 nitrogen and oxygen atoms in total. The van der Waals surface area contributed by atoms with Crippen molar-refractivity contribution >= 4 is 23.5 Å². The van der Waals surface area contributed by atoms with Crippen LogP contribution in [-0.2, 0) is 4.79 Å². The van der Waals surface area contributed by atoms with Crippen molar-refractivity contribution in [1.82, 2.24) is 10.2 Å². The smallest absolute Gasteiger partial charge is 0.238 e. The molecule has 0 radical (unpaired) electrons. The van der Waals surface area contributed by atoms with E-state index in [0.717, 1.165) is 22.6 Å². The monoisotopic (exact) mass is 329 g/mol. The minimum atomic E-state index is -0.148. The molecule has 0 unspecified atom stereocenters. The molecule has 0 saturated carbocycles. The minimum Gasteiger partial charge on any atom is -0.490 e. The molecule has 120 valence electrons. The third kappa shape index (κ3) is 3.12. The zero-order valence-corrected chi connectivity index (χ0v) is 13.9. The summed E-state index contributed by atoms with van der Waals surface area (Å²) < 4.78 is 5.53. The van der Waals surface area contributed by atoms with Gasteiger partial charge in [0.05, 0.1) is 10.5 Å². The molecule has 0 spiro atoms. The number of rotatable bonds is 4. The first-order valence-electron chi connectivity index (χ1n) is 7.45. The van der Waals surface area contributed by atoms with Gasteiger partial charge in [0.15, 0.2) is 5.82 Å². The summed E-state index contributed by atoms with van der Waals surface area (Å²) in [6, 6.07) is 7.96. The number of aryl methyl sites for hydroxylation is 1. The Labute approximate surface area is 139 Å². The molecule has 1 amide bonds. The van der Waals surface area contributed by atoms with Crippen molar-refractivity contribution in [2.45, 2.75) is 24.3 Å². The molecule has 6 heteroatoms. The summed E-state index contributed by atoms with van der Waals surface area (Å²) in [7, 11) is 0. The third-order valence-corrected chi connectivity index (χ3v) is 5.16. The van der Waals surface area contributed by atoms with Crippen LogP contribution >= 0.6 is 11.8 Å². The van der Waals surface area contributed by atoms with Gasteiger partial charge in [-0.3, -0.25) is 9.89 Å². The molecule has 0 bridgehead atoms. The van der Waals surface area contributed by atoms with Gasteiger partial charge in [0, 0.05) is 11.3 Å². The van der Waals surface area contributed by atoms with E-state index in [-0.39, 0.29) is 16.4 Å². The van der Waals surface area contributed by atoms with E-state index in [4.69, 9.17) is 4.74 Å². The number of fused-ring (bicyclic) bond motifs is 1. The summed E-state index contributed by atoms with van der Waals surface area (Å²) >= 11 is 1.62. The lowest BCUT2D eigenvalue weighted by Crippen LogP contribution is -2.21. The fraction of sp³-hybridized carbons (Fsp3) is 0.294. The molecule has 0 fully saturated rings. The molecular weight excluding hydrogens is 310 g/mol. The van der Waals surface area contributed by atoms with Gasteiger partial charge in [-0.25, -0.2) is 0 Å². The van der Waals surface area contributed by atoms with Gasteiger partial charge in [-0.2, -0.15) is 5.10 Å². The molecule has 2 N–H and O–H groups in total. The average molecular weight is 329 g/mol. The van der Waals surface area contributed by atoms with Crippen LogP contribution in [0, 0.1) is 6.92 Å². The van der Waals surface area contributed by atoms with Gasteiger partial charge in [0.1, 0.15) is 12.4 Å². The zero-order valence-electron chi connectivity index (χ0n) is 13.1. The molecule has 3 rings (SSSR count). The summed E-state index contributed by atoms with van der Waals surface area (Å²) in [4.78, 5) is 12.1. The van der Waals surface area contributed by atoms with E-state index in [9.17, 15) is 4.79 Å². The number of aromatic nitrogens is 2. The van der Waals surface area contributed by atoms with Crippen LogP contribution in [0.15, 0.2) is 36.9 Å². The first-order valence-corrected chi connectivity index (χ1v) is 8.39. The number of benzene rings is 1. The minimum absolute atomic E-state index is 0.0174. The van der Waals surface area contributed by atoms with Gasteiger partial charge in [-0.15, -0.1) is 11.8 Å². The predicted octanol–water partition coefficient (Wildman–Crippen LogP) is 3.45.